The molecule has 0 saturated carbocycles. The summed E-state index contributed by atoms with van der Waals surface area (Å²) < 4.78 is 68.4. The van der Waals surface area contributed by atoms with Gasteiger partial charge in [0.25, 0.3) is 0 Å². The Labute approximate surface area is 223 Å². The van der Waals surface area contributed by atoms with Gasteiger partial charge in [-0.2, -0.15) is 0 Å². The van der Waals surface area contributed by atoms with E-state index in [2.05, 4.69) is 13.8 Å². The van der Waals surface area contributed by atoms with Crippen molar-refractivity contribution in [2.45, 2.75) is 29.8 Å². The van der Waals surface area contributed by atoms with Crippen molar-refractivity contribution < 1.29 is 31.6 Å². The third kappa shape index (κ3) is 6.58. The zero-order valence-electron chi connectivity index (χ0n) is 20.3. The molecule has 3 aromatic rings. The molecule has 1 aliphatic rings. The van der Waals surface area contributed by atoms with Crippen molar-refractivity contribution in [2.75, 3.05) is 20.1 Å². The number of nitrogens with zero attached hydrogens (tertiary/aromatic N) is 2. The van der Waals surface area contributed by atoms with Gasteiger partial charge in [-0.15, -0.1) is 13.2 Å². The highest BCUT2D eigenvalue weighted by molar-refractivity contribution is 7.91. The lowest BCUT2D eigenvalue weighted by molar-refractivity contribution is -0.274. The molecule has 1 heterocycles. The molecule has 2 unspecified atom stereocenters. The van der Waals surface area contributed by atoms with Crippen LogP contribution in [0.25, 0.3) is 0 Å². The Kier molecular flexibility index (Phi) is 8.19. The van der Waals surface area contributed by atoms with E-state index in [4.69, 9.17) is 16.3 Å². The summed E-state index contributed by atoms with van der Waals surface area (Å²) in [6, 6.07) is 20.8. The van der Waals surface area contributed by atoms with E-state index in [0.717, 1.165) is 17.7 Å². The first-order valence-electron chi connectivity index (χ1n) is 11.5. The molecule has 1 aliphatic heterocycles. The Morgan fingerprint density at radius 3 is 2.34 bits per heavy atom. The molecule has 12 heteroatoms. The molecule has 0 aliphatic carbocycles. The molecular weight excluding hydrogens is 543 g/mol. The maximum absolute atomic E-state index is 14.0. The van der Waals surface area contributed by atoms with Crippen molar-refractivity contribution in [1.29, 1.82) is 0 Å². The van der Waals surface area contributed by atoms with E-state index in [1.807, 2.05) is 30.3 Å². The molecule has 4 rings (SSSR count). The first kappa shape index (κ1) is 27.7. The van der Waals surface area contributed by atoms with Gasteiger partial charge in [0.05, 0.1) is 10.4 Å². The summed E-state index contributed by atoms with van der Waals surface area (Å²) in [4.78, 5) is 14.6. The van der Waals surface area contributed by atoms with E-state index < -0.39 is 33.7 Å². The van der Waals surface area contributed by atoms with E-state index in [9.17, 15) is 22.2 Å². The van der Waals surface area contributed by atoms with E-state index in [1.165, 1.54) is 24.1 Å². The topological polar surface area (TPSA) is 80.2 Å². The number of alkyl halides is 3. The monoisotopic (exact) mass is 567 g/mol. The number of nitrogens with one attached hydrogen (secondary N) is 1. The minimum absolute atomic E-state index is 0.102. The number of rotatable bonds is 7. The van der Waals surface area contributed by atoms with Crippen LogP contribution in [-0.4, -0.2) is 41.7 Å². The Hall–Kier alpha value is -3.28. The van der Waals surface area contributed by atoms with Crippen LogP contribution in [0.4, 0.5) is 18.0 Å². The quantitative estimate of drug-likeness (QED) is 0.372. The molecule has 202 valence electrons. The second-order valence-electron chi connectivity index (χ2n) is 8.63. The van der Waals surface area contributed by atoms with Crippen molar-refractivity contribution in [1.82, 2.24) is 9.62 Å². The Bertz CT molecular complexity index is 1380. The fraction of sp³-hybridized carbons (Fsp3) is 0.269. The predicted molar refractivity (Wildman–Crippen MR) is 137 cm³/mol. The molecular formula is C26H25ClF3N3O4S. The van der Waals surface area contributed by atoms with Crippen LogP contribution < -0.4 is 9.46 Å². The van der Waals surface area contributed by atoms with Crippen LogP contribution in [0.3, 0.4) is 0 Å². The van der Waals surface area contributed by atoms with Gasteiger partial charge in [0.2, 0.25) is 0 Å². The summed E-state index contributed by atoms with van der Waals surface area (Å²) in [5, 5.41) is 0.502. The smallest absolute Gasteiger partial charge is 0.445 e. The van der Waals surface area contributed by atoms with Gasteiger partial charge in [-0.25, -0.2) is 18.1 Å². The number of benzene rings is 3. The first-order chi connectivity index (χ1) is 18.0. The lowest BCUT2D eigenvalue weighted by Gasteiger charge is -2.32. The van der Waals surface area contributed by atoms with Crippen molar-refractivity contribution in [2.24, 2.45) is 4.36 Å². The Morgan fingerprint density at radius 1 is 1.08 bits per heavy atom. The zero-order chi connectivity index (χ0) is 27.4. The number of likely N-dealkylation sites (tertiary alicyclic amines) is 1. The molecule has 0 bridgehead atoms. The Balaban J connectivity index is 1.59. The summed E-state index contributed by atoms with van der Waals surface area (Å²) in [5.74, 6) is -0.445. The largest absolute Gasteiger partial charge is 0.573 e. The third-order valence-electron chi connectivity index (χ3n) is 6.10. The van der Waals surface area contributed by atoms with Gasteiger partial charge in [-0.05, 0) is 53.9 Å². The third-order valence-corrected chi connectivity index (χ3v) is 8.44. The van der Waals surface area contributed by atoms with Crippen LogP contribution in [0.1, 0.15) is 17.5 Å². The summed E-state index contributed by atoms with van der Waals surface area (Å²) in [7, 11) is -1.99. The van der Waals surface area contributed by atoms with Gasteiger partial charge < -0.3 is 14.4 Å². The van der Waals surface area contributed by atoms with Gasteiger partial charge in [0.15, 0.2) is 0 Å². The maximum Gasteiger partial charge on any atom is 0.573 e. The molecule has 2 atom stereocenters. The van der Waals surface area contributed by atoms with E-state index in [0.29, 0.717) is 23.6 Å². The maximum atomic E-state index is 14.0. The van der Waals surface area contributed by atoms with Crippen molar-refractivity contribution >= 4 is 27.6 Å². The number of hydrogen-bond acceptors (Lipinski definition) is 5. The van der Waals surface area contributed by atoms with Gasteiger partial charge in [0, 0.05) is 25.2 Å². The number of halogens is 4. The molecule has 1 saturated heterocycles. The lowest BCUT2D eigenvalue weighted by atomic mass is 9.90. The number of carbonyl (C=O) groups excluding carboxylic acids is 1. The summed E-state index contributed by atoms with van der Waals surface area (Å²) in [6.45, 7) is 0.524. The van der Waals surface area contributed by atoms with Gasteiger partial charge in [-0.1, -0.05) is 54.1 Å². The van der Waals surface area contributed by atoms with Crippen LogP contribution >= 0.6 is 11.6 Å². The lowest BCUT2D eigenvalue weighted by Crippen LogP contribution is -2.48. The highest BCUT2D eigenvalue weighted by Gasteiger charge is 2.44. The second-order valence-corrected chi connectivity index (χ2v) is 11.2. The highest BCUT2D eigenvalue weighted by atomic mass is 35.5. The van der Waals surface area contributed by atoms with Crippen molar-refractivity contribution in [3.8, 4) is 5.75 Å². The Morgan fingerprint density at radius 2 is 1.74 bits per heavy atom. The van der Waals surface area contributed by atoms with Gasteiger partial charge >= 0.3 is 12.5 Å². The summed E-state index contributed by atoms with van der Waals surface area (Å²) in [5.41, 5.74) is 0.551. The normalized spacial score (nSPS) is 19.0. The second kappa shape index (κ2) is 11.2. The van der Waals surface area contributed by atoms with Crippen molar-refractivity contribution in [3.05, 3.63) is 95.0 Å². The molecule has 0 radical (unpaired) electrons. The van der Waals surface area contributed by atoms with Crippen molar-refractivity contribution in [3.63, 3.8) is 0 Å². The molecule has 1 N–H and O–H groups in total. The number of ether oxygens (including phenoxy) is 2. The summed E-state index contributed by atoms with van der Waals surface area (Å²) >= 11 is 6.09. The standard InChI is InChI=1S/C26H25ClF3N3O4S/c1-31-38(35,23-13-11-22(12-14-23)37-26(28,29)30)32-25(20-7-9-21(27)10-8-20)15-16-33(18-25)24(34)36-17-19-5-3-2-4-6-19/h2-14H,15-18H2,1H3,(H,31,32,35). The van der Waals surface area contributed by atoms with E-state index in [1.54, 1.807) is 24.3 Å². The van der Waals surface area contributed by atoms with Gasteiger partial charge in [0.1, 0.15) is 22.3 Å². The number of amides is 1. The SMILES string of the molecule is CN=S(=O)(NC1(c2ccc(Cl)cc2)CCN(C(=O)OCc2ccccc2)C1)c1ccc(OC(F)(F)F)cc1. The van der Waals surface area contributed by atoms with Crippen LogP contribution in [0, 0.1) is 0 Å². The predicted octanol–water partition coefficient (Wildman–Crippen LogP) is 6.14. The van der Waals surface area contributed by atoms with E-state index >= 15 is 0 Å². The highest BCUT2D eigenvalue weighted by Crippen LogP contribution is 2.36. The fourth-order valence-electron chi connectivity index (χ4n) is 4.22. The number of carbonyl (C=O) groups is 1. The molecule has 0 spiro atoms. The average molecular weight is 568 g/mol. The van der Waals surface area contributed by atoms with Gasteiger partial charge in [-0.3, -0.25) is 0 Å². The molecule has 0 aromatic heterocycles. The molecule has 3 aromatic carbocycles. The fourth-order valence-corrected chi connectivity index (χ4v) is 6.09. The summed E-state index contributed by atoms with van der Waals surface area (Å²) in [6.07, 6.45) is -5.01. The first-order valence-corrected chi connectivity index (χ1v) is 13.4. The zero-order valence-corrected chi connectivity index (χ0v) is 21.9. The molecule has 7 nitrogen and oxygen atoms in total. The minimum Gasteiger partial charge on any atom is -0.445 e. The average Bonchev–Trinajstić information content (AvgIpc) is 3.32. The van der Waals surface area contributed by atoms with Crippen LogP contribution in [0.5, 0.6) is 5.75 Å². The molecule has 38 heavy (non-hydrogen) atoms. The molecule has 1 fully saturated rings. The minimum atomic E-state index is -4.85. The number of hydrogen-bond donors (Lipinski definition) is 1. The molecule has 1 amide bonds. The van der Waals surface area contributed by atoms with Crippen LogP contribution in [0.15, 0.2) is 88.1 Å². The van der Waals surface area contributed by atoms with Crippen LogP contribution in [0.2, 0.25) is 5.02 Å². The van der Waals surface area contributed by atoms with Crippen LogP contribution in [-0.2, 0) is 26.8 Å². The van der Waals surface area contributed by atoms with E-state index in [-0.39, 0.29) is 18.0 Å².